The van der Waals surface area contributed by atoms with Crippen LogP contribution in [0.3, 0.4) is 0 Å². The van der Waals surface area contributed by atoms with Gasteiger partial charge in [0.25, 0.3) is 0 Å². The molecule has 2 N–H and O–H groups in total. The van der Waals surface area contributed by atoms with E-state index < -0.39 is 0 Å². The van der Waals surface area contributed by atoms with Gasteiger partial charge in [-0.15, -0.1) is 0 Å². The van der Waals surface area contributed by atoms with Gasteiger partial charge in [-0.05, 0) is 61.7 Å². The molecule has 0 atom stereocenters. The molecule has 0 fully saturated rings. The lowest BCUT2D eigenvalue weighted by molar-refractivity contribution is 0.200. The summed E-state index contributed by atoms with van der Waals surface area (Å²) < 4.78 is 5.93. The van der Waals surface area contributed by atoms with Gasteiger partial charge in [0, 0.05) is 30.2 Å². The molecule has 2 heterocycles. The van der Waals surface area contributed by atoms with Crippen molar-refractivity contribution in [3.05, 3.63) is 95.8 Å². The predicted molar refractivity (Wildman–Crippen MR) is 124 cm³/mol. The Morgan fingerprint density at radius 3 is 2.94 bits per heavy atom. The lowest BCUT2D eigenvalue weighted by atomic mass is 9.99. The molecule has 3 rings (SSSR count). The second-order valence-corrected chi connectivity index (χ2v) is 6.83. The number of hydrogen-bond donors (Lipinski definition) is 2. The molecule has 158 valence electrons. The first kappa shape index (κ1) is 21.7. The number of hydrazone groups is 1. The molecular weight excluding hydrogens is 388 g/mol. The number of ether oxygens (including phenoxy) is 1. The number of hydrogen-bond acceptors (Lipinski definition) is 6. The molecule has 0 aliphatic carbocycles. The van der Waals surface area contributed by atoms with Crippen LogP contribution in [0.15, 0.2) is 89.8 Å². The van der Waals surface area contributed by atoms with Gasteiger partial charge in [-0.2, -0.15) is 10.2 Å². The lowest BCUT2D eigenvalue weighted by Crippen LogP contribution is -1.99. The van der Waals surface area contributed by atoms with E-state index in [9.17, 15) is 0 Å². The summed E-state index contributed by atoms with van der Waals surface area (Å²) in [6.07, 6.45) is 13.8. The van der Waals surface area contributed by atoms with E-state index in [0.29, 0.717) is 18.9 Å². The summed E-state index contributed by atoms with van der Waals surface area (Å²) in [5.74, 6) is 1.53. The Balaban J connectivity index is 1.84. The maximum atomic E-state index is 5.93. The fourth-order valence-corrected chi connectivity index (χ4v) is 3.01. The van der Waals surface area contributed by atoms with Crippen LogP contribution in [0.2, 0.25) is 0 Å². The van der Waals surface area contributed by atoms with Crippen molar-refractivity contribution in [1.29, 1.82) is 0 Å². The minimum Gasteiger partial charge on any atom is -0.493 e. The molecule has 0 aliphatic heterocycles. The highest BCUT2D eigenvalue weighted by molar-refractivity contribution is 5.64. The monoisotopic (exact) mass is 414 g/mol. The van der Waals surface area contributed by atoms with Gasteiger partial charge in [0.05, 0.1) is 11.4 Å². The number of H-pyrrole nitrogens is 1. The summed E-state index contributed by atoms with van der Waals surface area (Å²) in [4.78, 5) is 8.37. The number of benzene rings is 1. The number of pyridine rings is 1. The molecule has 0 saturated carbocycles. The number of allylic oxidation sites excluding steroid dienone is 6. The van der Waals surface area contributed by atoms with E-state index in [1.807, 2.05) is 56.3 Å². The molecule has 0 bridgehead atoms. The topological polar surface area (TPSA) is 88.1 Å². The zero-order valence-corrected chi connectivity index (χ0v) is 17.7. The highest BCUT2D eigenvalue weighted by Crippen LogP contribution is 2.26. The fraction of sp³-hybridized carbons (Fsp3) is 0.167. The molecule has 7 nitrogen and oxygen atoms in total. The summed E-state index contributed by atoms with van der Waals surface area (Å²) in [6.45, 7) is 7.96. The van der Waals surface area contributed by atoms with Gasteiger partial charge in [0.1, 0.15) is 12.9 Å². The average molecular weight is 415 g/mol. The van der Waals surface area contributed by atoms with Crippen molar-refractivity contribution < 1.29 is 4.74 Å². The Morgan fingerprint density at radius 1 is 1.32 bits per heavy atom. The van der Waals surface area contributed by atoms with Crippen LogP contribution in [-0.4, -0.2) is 26.9 Å². The molecule has 7 heteroatoms. The Labute approximate surface area is 182 Å². The van der Waals surface area contributed by atoms with Crippen molar-refractivity contribution in [2.75, 3.05) is 5.43 Å². The van der Waals surface area contributed by atoms with Crippen LogP contribution in [0.25, 0.3) is 11.4 Å². The zero-order valence-electron chi connectivity index (χ0n) is 17.7. The molecule has 1 aromatic carbocycles. The smallest absolute Gasteiger partial charge is 0.155 e. The van der Waals surface area contributed by atoms with E-state index >= 15 is 0 Å². The zero-order chi connectivity index (χ0) is 21.9. The van der Waals surface area contributed by atoms with Crippen LogP contribution in [0.4, 0.5) is 5.69 Å². The predicted octanol–water partition coefficient (Wildman–Crippen LogP) is 5.06. The molecule has 31 heavy (non-hydrogen) atoms. The molecule has 3 aromatic rings. The molecule has 2 aromatic heterocycles. The Morgan fingerprint density at radius 2 is 2.23 bits per heavy atom. The standard InChI is InChI=1S/C24H26N6O/c1-4-5-7-19(12-18(2)31-16-20-8-6-11-26-15-20)13-22-14-21(24-27-17-28-30-24)9-10-23(22)29-25-3/h4-12,14-15,17,29H,3,13,16H2,1-2H3,(H,27,28,30)/b5-4-,18-12+,19-7+. The quantitative estimate of drug-likeness (QED) is 0.210. The summed E-state index contributed by atoms with van der Waals surface area (Å²) in [7, 11) is 0. The third-order valence-corrected chi connectivity index (χ3v) is 4.47. The number of aromatic nitrogens is 4. The first-order chi connectivity index (χ1) is 15.2. The molecule has 0 spiro atoms. The lowest BCUT2D eigenvalue weighted by Gasteiger charge is -2.12. The second kappa shape index (κ2) is 11.3. The first-order valence-electron chi connectivity index (χ1n) is 9.92. The van der Waals surface area contributed by atoms with Crippen LogP contribution >= 0.6 is 0 Å². The number of rotatable bonds is 10. The molecule has 0 amide bonds. The Hall–Kier alpha value is -4.00. The third kappa shape index (κ3) is 6.50. The normalized spacial score (nSPS) is 12.2. The molecule has 0 unspecified atom stereocenters. The van der Waals surface area contributed by atoms with Gasteiger partial charge in [0.2, 0.25) is 0 Å². The largest absolute Gasteiger partial charge is 0.493 e. The van der Waals surface area contributed by atoms with Crippen LogP contribution in [0.1, 0.15) is 25.0 Å². The van der Waals surface area contributed by atoms with Crippen molar-refractivity contribution in [1.82, 2.24) is 20.2 Å². The van der Waals surface area contributed by atoms with Crippen molar-refractivity contribution in [2.45, 2.75) is 26.9 Å². The number of nitrogens with zero attached hydrogens (tertiary/aromatic N) is 4. The van der Waals surface area contributed by atoms with Crippen LogP contribution in [0, 0.1) is 0 Å². The van der Waals surface area contributed by atoms with Gasteiger partial charge in [0.15, 0.2) is 5.82 Å². The van der Waals surface area contributed by atoms with E-state index in [2.05, 4.69) is 49.6 Å². The SMILES string of the molecule is C=NNc1ccc(-c2ncn[nH]2)cc1CC(=C/C=C\C)/C=C(\C)OCc1cccnc1. The van der Waals surface area contributed by atoms with Gasteiger partial charge < -0.3 is 4.74 Å². The highest BCUT2D eigenvalue weighted by Gasteiger charge is 2.09. The maximum absolute atomic E-state index is 5.93. The number of nitrogens with one attached hydrogen (secondary N) is 2. The van der Waals surface area contributed by atoms with Crippen molar-refractivity contribution in [3.63, 3.8) is 0 Å². The summed E-state index contributed by atoms with van der Waals surface area (Å²) >= 11 is 0. The van der Waals surface area contributed by atoms with Crippen LogP contribution in [-0.2, 0) is 17.8 Å². The van der Waals surface area contributed by atoms with Gasteiger partial charge in [-0.3, -0.25) is 15.5 Å². The highest BCUT2D eigenvalue weighted by atomic mass is 16.5. The minimum absolute atomic E-state index is 0.473. The van der Waals surface area contributed by atoms with Gasteiger partial charge >= 0.3 is 0 Å². The molecule has 0 saturated heterocycles. The summed E-state index contributed by atoms with van der Waals surface area (Å²) in [5.41, 5.74) is 7.96. The van der Waals surface area contributed by atoms with Crippen molar-refractivity contribution >= 4 is 12.4 Å². The van der Waals surface area contributed by atoms with E-state index in [1.165, 1.54) is 6.33 Å². The first-order valence-corrected chi connectivity index (χ1v) is 9.92. The van der Waals surface area contributed by atoms with E-state index in [0.717, 1.165) is 33.7 Å². The maximum Gasteiger partial charge on any atom is 0.155 e. The van der Waals surface area contributed by atoms with Gasteiger partial charge in [-0.25, -0.2) is 4.98 Å². The molecule has 0 aliphatic rings. The van der Waals surface area contributed by atoms with E-state index in [1.54, 1.807) is 12.4 Å². The van der Waals surface area contributed by atoms with Crippen molar-refractivity contribution in [2.24, 2.45) is 5.10 Å². The van der Waals surface area contributed by atoms with E-state index in [-0.39, 0.29) is 0 Å². The van der Waals surface area contributed by atoms with Crippen LogP contribution in [0.5, 0.6) is 0 Å². The third-order valence-electron chi connectivity index (χ3n) is 4.47. The summed E-state index contributed by atoms with van der Waals surface area (Å²) in [5, 5.41) is 10.7. The second-order valence-electron chi connectivity index (χ2n) is 6.83. The molecule has 0 radical (unpaired) electrons. The Bertz CT molecular complexity index is 1070. The summed E-state index contributed by atoms with van der Waals surface area (Å²) in [6, 6.07) is 9.89. The van der Waals surface area contributed by atoms with E-state index in [4.69, 9.17) is 4.74 Å². The number of aromatic amines is 1. The minimum atomic E-state index is 0.473. The molecular formula is C24H26N6O. The van der Waals surface area contributed by atoms with Crippen molar-refractivity contribution in [3.8, 4) is 11.4 Å². The van der Waals surface area contributed by atoms with Gasteiger partial charge in [-0.1, -0.05) is 24.3 Å². The van der Waals surface area contributed by atoms with Crippen LogP contribution < -0.4 is 5.43 Å². The average Bonchev–Trinajstić information content (AvgIpc) is 3.33. The Kier molecular flexibility index (Phi) is 7.88. The number of anilines is 1. The fourth-order valence-electron chi connectivity index (χ4n) is 3.01.